The third kappa shape index (κ3) is 5.08. The molecule has 0 bridgehead atoms. The van der Waals surface area contributed by atoms with Crippen molar-refractivity contribution in [3.05, 3.63) is 164 Å². The lowest BCUT2D eigenvalue weighted by atomic mass is 10.0. The highest BCUT2D eigenvalue weighted by Gasteiger charge is 2.22. The van der Waals surface area contributed by atoms with Crippen LogP contribution in [0.1, 0.15) is 0 Å². The van der Waals surface area contributed by atoms with Gasteiger partial charge in [0, 0.05) is 59.4 Å². The van der Waals surface area contributed by atoms with Crippen LogP contribution in [0, 0.1) is 0 Å². The van der Waals surface area contributed by atoms with Gasteiger partial charge in [-0.3, -0.25) is 0 Å². The van der Waals surface area contributed by atoms with Crippen molar-refractivity contribution in [1.29, 1.82) is 0 Å². The Kier molecular flexibility index (Phi) is 6.96. The van der Waals surface area contributed by atoms with Crippen molar-refractivity contribution >= 4 is 75.5 Å². The minimum Gasteiger partial charge on any atom is -0.456 e. The van der Waals surface area contributed by atoms with Crippen molar-refractivity contribution in [3.8, 4) is 56.8 Å². The number of benzene rings is 7. The van der Waals surface area contributed by atoms with Gasteiger partial charge < -0.3 is 8.83 Å². The van der Waals surface area contributed by atoms with E-state index in [-0.39, 0.29) is 0 Å². The molecule has 0 atom stereocenters. The van der Waals surface area contributed by atoms with Gasteiger partial charge in [-0.2, -0.15) is 0 Å². The predicted octanol–water partition coefficient (Wildman–Crippen LogP) is 13.2. The minimum absolute atomic E-state index is 0.544. The number of nitrogens with zero attached hydrogens (tertiary/aromatic N) is 5. The van der Waals surface area contributed by atoms with E-state index in [0.29, 0.717) is 23.3 Å². The molecule has 0 unspecified atom stereocenters. The monoisotopic (exact) mass is 749 g/mol. The fourth-order valence-corrected chi connectivity index (χ4v) is 9.11. The van der Waals surface area contributed by atoms with Crippen LogP contribution in [-0.2, 0) is 0 Å². The van der Waals surface area contributed by atoms with Crippen molar-refractivity contribution in [2.24, 2.45) is 0 Å². The first-order valence-electron chi connectivity index (χ1n) is 18.7. The van der Waals surface area contributed by atoms with Gasteiger partial charge in [-0.25, -0.2) is 24.9 Å². The molecule has 8 heteroatoms. The summed E-state index contributed by atoms with van der Waals surface area (Å²) in [4.78, 5) is 25.9. The molecule has 0 aliphatic heterocycles. The molecule has 12 aromatic rings. The maximum Gasteiger partial charge on any atom is 0.164 e. The zero-order valence-electron chi connectivity index (χ0n) is 30.0. The second-order valence-corrected chi connectivity index (χ2v) is 15.0. The number of rotatable bonds is 5. The van der Waals surface area contributed by atoms with Crippen molar-refractivity contribution in [2.45, 2.75) is 0 Å². The van der Waals surface area contributed by atoms with Crippen molar-refractivity contribution in [1.82, 2.24) is 24.9 Å². The van der Waals surface area contributed by atoms with Gasteiger partial charge in [-0.1, -0.05) is 121 Å². The van der Waals surface area contributed by atoms with Gasteiger partial charge >= 0.3 is 0 Å². The molecule has 5 aromatic heterocycles. The lowest BCUT2D eigenvalue weighted by molar-refractivity contribution is 0.668. The number of hydrogen-bond donors (Lipinski definition) is 0. The topological polar surface area (TPSA) is 90.7 Å². The van der Waals surface area contributed by atoms with E-state index >= 15 is 0 Å². The fourth-order valence-electron chi connectivity index (χ4n) is 7.96. The first kappa shape index (κ1) is 31.8. The van der Waals surface area contributed by atoms with Crippen molar-refractivity contribution < 1.29 is 8.83 Å². The highest BCUT2D eigenvalue weighted by molar-refractivity contribution is 7.26. The number of fused-ring (bicyclic) bond motifs is 9. The van der Waals surface area contributed by atoms with Crippen LogP contribution < -0.4 is 0 Å². The number of thiophene rings is 1. The van der Waals surface area contributed by atoms with E-state index in [1.54, 1.807) is 11.3 Å². The zero-order chi connectivity index (χ0) is 37.5. The molecule has 0 fully saturated rings. The average Bonchev–Trinajstić information content (AvgIpc) is 3.97. The molecule has 7 aromatic carbocycles. The summed E-state index contributed by atoms with van der Waals surface area (Å²) in [6, 6.07) is 55.1. The van der Waals surface area contributed by atoms with E-state index in [9.17, 15) is 0 Å². The van der Waals surface area contributed by atoms with Crippen LogP contribution in [-0.4, -0.2) is 24.9 Å². The lowest BCUT2D eigenvalue weighted by Gasteiger charge is -2.10. The van der Waals surface area contributed by atoms with Crippen molar-refractivity contribution in [2.75, 3.05) is 0 Å². The molecule has 0 saturated carbocycles. The quantitative estimate of drug-likeness (QED) is 0.173. The number of aromatic nitrogens is 5. The Bertz CT molecular complexity index is 3540. The molecule has 0 spiro atoms. The molecule has 0 N–H and O–H groups in total. The van der Waals surface area contributed by atoms with Crippen LogP contribution in [0.2, 0.25) is 0 Å². The van der Waals surface area contributed by atoms with Gasteiger partial charge in [-0.15, -0.1) is 11.3 Å². The summed E-state index contributed by atoms with van der Waals surface area (Å²) in [7, 11) is 0. The molecule has 0 aliphatic rings. The standard InChI is InChI=1S/C49H27N5O2S/c1-3-13-28(14-4-1)46-50-43(45-44(51-46)32-18-8-10-24-40(32)57-45)30-25-26-37-35(27-30)42-34(20-12-23-39(42)56-37)49-53-47(29-15-5-2-6-16-29)52-48(54-49)33-19-11-22-38-41(33)31-17-7-9-21-36(31)55-38/h1-27H. The molecule has 7 nitrogen and oxygen atoms in total. The van der Waals surface area contributed by atoms with E-state index in [1.165, 1.54) is 4.70 Å². The lowest BCUT2D eigenvalue weighted by Crippen LogP contribution is -2.00. The Morgan fingerprint density at radius 2 is 0.912 bits per heavy atom. The summed E-state index contributed by atoms with van der Waals surface area (Å²) in [6.45, 7) is 0. The smallest absolute Gasteiger partial charge is 0.164 e. The Hall–Kier alpha value is -7.55. The zero-order valence-corrected chi connectivity index (χ0v) is 30.9. The van der Waals surface area contributed by atoms with Gasteiger partial charge in [0.05, 0.1) is 15.9 Å². The average molecular weight is 750 g/mol. The van der Waals surface area contributed by atoms with Gasteiger partial charge in [0.25, 0.3) is 0 Å². The van der Waals surface area contributed by atoms with Crippen LogP contribution in [0.5, 0.6) is 0 Å². The van der Waals surface area contributed by atoms with E-state index in [0.717, 1.165) is 93.0 Å². The van der Waals surface area contributed by atoms with Gasteiger partial charge in [0.2, 0.25) is 0 Å². The molecule has 0 radical (unpaired) electrons. The number of para-hydroxylation sites is 1. The predicted molar refractivity (Wildman–Crippen MR) is 230 cm³/mol. The summed E-state index contributed by atoms with van der Waals surface area (Å²) in [5, 5.41) is 4.96. The highest BCUT2D eigenvalue weighted by atomic mass is 32.1. The maximum absolute atomic E-state index is 6.55. The fraction of sp³-hybridized carbons (Fsp3) is 0. The number of furan rings is 2. The van der Waals surface area contributed by atoms with Crippen LogP contribution in [0.4, 0.5) is 0 Å². The molecular formula is C49H27N5O2S. The maximum atomic E-state index is 6.55. The van der Waals surface area contributed by atoms with Crippen LogP contribution in [0.25, 0.3) is 121 Å². The first-order chi connectivity index (χ1) is 28.2. The number of hydrogen-bond acceptors (Lipinski definition) is 8. The summed E-state index contributed by atoms with van der Waals surface area (Å²) in [6.07, 6.45) is 0. The van der Waals surface area contributed by atoms with E-state index in [2.05, 4.69) is 66.7 Å². The Morgan fingerprint density at radius 1 is 0.368 bits per heavy atom. The Labute approximate surface area is 328 Å². The summed E-state index contributed by atoms with van der Waals surface area (Å²) in [5.74, 6) is 2.37. The van der Waals surface area contributed by atoms with E-state index in [4.69, 9.17) is 33.8 Å². The van der Waals surface area contributed by atoms with Gasteiger partial charge in [0.15, 0.2) is 23.3 Å². The molecule has 57 heavy (non-hydrogen) atoms. The molecule has 12 rings (SSSR count). The molecule has 0 amide bonds. The van der Waals surface area contributed by atoms with Gasteiger partial charge in [-0.05, 0) is 42.5 Å². The Balaban J connectivity index is 1.10. The summed E-state index contributed by atoms with van der Waals surface area (Å²) >= 11 is 1.72. The highest BCUT2D eigenvalue weighted by Crippen LogP contribution is 2.43. The Morgan fingerprint density at radius 3 is 1.61 bits per heavy atom. The second kappa shape index (κ2) is 12.5. The van der Waals surface area contributed by atoms with Crippen LogP contribution in [0.3, 0.4) is 0 Å². The van der Waals surface area contributed by atoms with Crippen LogP contribution >= 0.6 is 11.3 Å². The third-order valence-corrected chi connectivity index (χ3v) is 11.7. The van der Waals surface area contributed by atoms with E-state index < -0.39 is 0 Å². The minimum atomic E-state index is 0.544. The summed E-state index contributed by atoms with van der Waals surface area (Å²) in [5.41, 5.74) is 9.46. The van der Waals surface area contributed by atoms with Crippen LogP contribution in [0.15, 0.2) is 173 Å². The van der Waals surface area contributed by atoms with Gasteiger partial charge in [0.1, 0.15) is 22.3 Å². The normalized spacial score (nSPS) is 11.9. The second-order valence-electron chi connectivity index (χ2n) is 14.0. The third-order valence-electron chi connectivity index (χ3n) is 10.6. The first-order valence-corrected chi connectivity index (χ1v) is 19.5. The largest absolute Gasteiger partial charge is 0.456 e. The molecule has 0 saturated heterocycles. The molecule has 5 heterocycles. The van der Waals surface area contributed by atoms with Crippen molar-refractivity contribution in [3.63, 3.8) is 0 Å². The summed E-state index contributed by atoms with van der Waals surface area (Å²) < 4.78 is 15.0. The molecular weight excluding hydrogens is 723 g/mol. The molecule has 266 valence electrons. The van der Waals surface area contributed by atoms with E-state index in [1.807, 2.05) is 97.1 Å². The molecule has 0 aliphatic carbocycles. The SMILES string of the molecule is c1ccc(-c2nc(-c3cccc4oc5ccccc5c34)nc(-c3cccc4oc5ccc(-c6nc(-c7ccccc7)nc7c6sc6ccccc67)cc5c34)n2)cc1.